The molecule has 0 aliphatic rings. The van der Waals surface area contributed by atoms with Gasteiger partial charge in [-0.2, -0.15) is 0 Å². The van der Waals surface area contributed by atoms with Crippen molar-refractivity contribution in [3.63, 3.8) is 0 Å². The second-order valence-corrected chi connectivity index (χ2v) is 10.6. The summed E-state index contributed by atoms with van der Waals surface area (Å²) in [4.78, 5) is 10.1. The summed E-state index contributed by atoms with van der Waals surface area (Å²) >= 11 is 0. The molecule has 0 bridgehead atoms. The van der Waals surface area contributed by atoms with Crippen LogP contribution in [0.5, 0.6) is 0 Å². The van der Waals surface area contributed by atoms with Crippen LogP contribution in [0.2, 0.25) is 0 Å². The van der Waals surface area contributed by atoms with E-state index in [-0.39, 0.29) is 0 Å². The van der Waals surface area contributed by atoms with Crippen LogP contribution in [0.15, 0.2) is 46.4 Å². The van der Waals surface area contributed by atoms with Gasteiger partial charge in [-0.05, 0) is 87.0 Å². The van der Waals surface area contributed by atoms with Gasteiger partial charge in [-0.1, -0.05) is 90.3 Å². The number of aliphatic imine (C=N–C) groups is 2. The number of nitrogens with one attached hydrogen (secondary N) is 2. The van der Waals surface area contributed by atoms with E-state index in [1.807, 2.05) is 0 Å². The average molecular weight is 519 g/mol. The van der Waals surface area contributed by atoms with E-state index in [1.165, 1.54) is 40.0 Å². The Morgan fingerprint density at radius 2 is 1.11 bits per heavy atom. The van der Waals surface area contributed by atoms with Gasteiger partial charge in [-0.25, -0.2) is 9.98 Å². The number of benzene rings is 2. The van der Waals surface area contributed by atoms with Gasteiger partial charge >= 0.3 is 0 Å². The molecule has 1 atom stereocenters. The number of hydrogen-bond acceptors (Lipinski definition) is 2. The molecule has 2 rings (SSSR count). The van der Waals surface area contributed by atoms with Crippen molar-refractivity contribution >= 4 is 23.0 Å². The molecule has 0 amide bonds. The van der Waals surface area contributed by atoms with Gasteiger partial charge < -0.3 is 10.6 Å². The molecule has 0 saturated heterocycles. The molecule has 4 nitrogen and oxygen atoms in total. The number of hydrogen-bond donors (Lipinski definition) is 2. The summed E-state index contributed by atoms with van der Waals surface area (Å²) in [5.74, 6) is 2.57. The third-order valence-corrected chi connectivity index (χ3v) is 7.23. The molecule has 0 fully saturated rings. The van der Waals surface area contributed by atoms with E-state index < -0.39 is 0 Å². The van der Waals surface area contributed by atoms with E-state index in [4.69, 9.17) is 9.98 Å². The Bertz CT molecular complexity index is 997. The fraction of sp³-hybridized carbons (Fsp3) is 0.588. The lowest BCUT2D eigenvalue weighted by Gasteiger charge is -2.17. The lowest BCUT2D eigenvalue weighted by molar-refractivity contribution is 0.651. The second-order valence-electron chi connectivity index (χ2n) is 10.6. The van der Waals surface area contributed by atoms with Gasteiger partial charge in [0.25, 0.3) is 0 Å². The third kappa shape index (κ3) is 10.3. The van der Waals surface area contributed by atoms with Gasteiger partial charge in [0.2, 0.25) is 0 Å². The van der Waals surface area contributed by atoms with E-state index in [1.54, 1.807) is 0 Å². The Morgan fingerprint density at radius 1 is 0.658 bits per heavy atom. The van der Waals surface area contributed by atoms with Crippen LogP contribution in [0, 0.1) is 0 Å². The van der Waals surface area contributed by atoms with Crippen molar-refractivity contribution < 1.29 is 0 Å². The molecule has 0 aromatic heterocycles. The molecular weight excluding hydrogens is 464 g/mol. The van der Waals surface area contributed by atoms with Gasteiger partial charge in [0.1, 0.15) is 0 Å². The van der Waals surface area contributed by atoms with Crippen LogP contribution in [0.3, 0.4) is 0 Å². The number of aryl methyl sites for hydroxylation is 3. The fourth-order valence-corrected chi connectivity index (χ4v) is 4.95. The van der Waals surface area contributed by atoms with Gasteiger partial charge in [-0.15, -0.1) is 0 Å². The van der Waals surface area contributed by atoms with E-state index in [2.05, 4.69) is 95.5 Å². The number of amidine groups is 2. The first kappa shape index (κ1) is 31.6. The first-order valence-electron chi connectivity index (χ1n) is 15.3. The average Bonchev–Trinajstić information content (AvgIpc) is 2.90. The molecule has 0 radical (unpaired) electrons. The SMILES string of the molecule is CCCc1cccc(CCC)c1/N=C(\C)NCCCCCN/C(C)=N/c1c(CCC)cccc1C(C)CC. The number of rotatable bonds is 16. The lowest BCUT2D eigenvalue weighted by Crippen LogP contribution is -2.23. The summed E-state index contributed by atoms with van der Waals surface area (Å²) in [5, 5.41) is 7.11. The Hall–Kier alpha value is -2.62. The van der Waals surface area contributed by atoms with Crippen LogP contribution in [0.25, 0.3) is 0 Å². The predicted molar refractivity (Wildman–Crippen MR) is 169 cm³/mol. The monoisotopic (exact) mass is 518 g/mol. The van der Waals surface area contributed by atoms with Crippen molar-refractivity contribution in [2.45, 2.75) is 119 Å². The van der Waals surface area contributed by atoms with E-state index >= 15 is 0 Å². The van der Waals surface area contributed by atoms with Crippen molar-refractivity contribution in [1.82, 2.24) is 10.6 Å². The van der Waals surface area contributed by atoms with Crippen molar-refractivity contribution in [3.8, 4) is 0 Å². The van der Waals surface area contributed by atoms with Crippen molar-refractivity contribution in [2.24, 2.45) is 9.98 Å². The zero-order valence-electron chi connectivity index (χ0n) is 25.4. The zero-order valence-corrected chi connectivity index (χ0v) is 25.4. The standard InChI is InChI=1S/C34H54N4/c1-8-17-29-20-15-21-30(18-9-2)33(29)37-27(6)35-24-13-12-14-25-36-28(7)38-34-31(19-10-3)22-16-23-32(34)26(5)11-4/h15-16,20-23,26H,8-14,17-19,24-25H2,1-7H3,(H,35,37)(H,36,38). The predicted octanol–water partition coefficient (Wildman–Crippen LogP) is 9.21. The van der Waals surface area contributed by atoms with Gasteiger partial charge in [0.05, 0.1) is 23.0 Å². The highest BCUT2D eigenvalue weighted by molar-refractivity contribution is 5.84. The summed E-state index contributed by atoms with van der Waals surface area (Å²) in [6.45, 7) is 17.4. The largest absolute Gasteiger partial charge is 0.374 e. The van der Waals surface area contributed by atoms with E-state index in [9.17, 15) is 0 Å². The quantitative estimate of drug-likeness (QED) is 0.132. The minimum atomic E-state index is 0.524. The molecule has 38 heavy (non-hydrogen) atoms. The summed E-state index contributed by atoms with van der Waals surface area (Å²) in [7, 11) is 0. The maximum absolute atomic E-state index is 5.06. The minimum Gasteiger partial charge on any atom is -0.374 e. The van der Waals surface area contributed by atoms with Crippen molar-refractivity contribution in [1.29, 1.82) is 0 Å². The zero-order chi connectivity index (χ0) is 27.8. The highest BCUT2D eigenvalue weighted by Crippen LogP contribution is 2.33. The molecule has 1 unspecified atom stereocenters. The highest BCUT2D eigenvalue weighted by Gasteiger charge is 2.13. The normalized spacial score (nSPS) is 13.0. The fourth-order valence-electron chi connectivity index (χ4n) is 4.95. The maximum Gasteiger partial charge on any atom is 0.0991 e. The first-order valence-corrected chi connectivity index (χ1v) is 15.3. The number of para-hydroxylation sites is 2. The van der Waals surface area contributed by atoms with Crippen LogP contribution < -0.4 is 10.6 Å². The summed E-state index contributed by atoms with van der Waals surface area (Å²) in [6.07, 6.45) is 11.3. The van der Waals surface area contributed by atoms with E-state index in [0.29, 0.717) is 5.92 Å². The molecule has 210 valence electrons. The Labute approximate surface area is 233 Å². The topological polar surface area (TPSA) is 48.8 Å². The van der Waals surface area contributed by atoms with Gasteiger partial charge in [0, 0.05) is 13.1 Å². The molecule has 2 aromatic rings. The Morgan fingerprint density at radius 3 is 1.58 bits per heavy atom. The van der Waals surface area contributed by atoms with Crippen molar-refractivity contribution in [3.05, 3.63) is 58.7 Å². The van der Waals surface area contributed by atoms with Crippen LogP contribution in [-0.2, 0) is 19.3 Å². The van der Waals surface area contributed by atoms with Crippen LogP contribution in [0.1, 0.15) is 122 Å². The number of unbranched alkanes of at least 4 members (excludes halogenated alkanes) is 2. The molecule has 0 saturated carbocycles. The maximum atomic E-state index is 5.06. The van der Waals surface area contributed by atoms with E-state index in [0.717, 1.165) is 82.5 Å². The van der Waals surface area contributed by atoms with Crippen LogP contribution >= 0.6 is 0 Å². The second kappa shape index (κ2) is 17.8. The molecule has 0 aliphatic heterocycles. The first-order chi connectivity index (χ1) is 18.4. The Kier molecular flexibility index (Phi) is 14.8. The smallest absolute Gasteiger partial charge is 0.0991 e. The highest BCUT2D eigenvalue weighted by atomic mass is 15.0. The molecule has 2 N–H and O–H groups in total. The lowest BCUT2D eigenvalue weighted by atomic mass is 9.93. The minimum absolute atomic E-state index is 0.524. The summed E-state index contributed by atoms with van der Waals surface area (Å²) < 4.78 is 0. The molecule has 4 heteroatoms. The van der Waals surface area contributed by atoms with Gasteiger partial charge in [-0.3, -0.25) is 0 Å². The molecular formula is C34H54N4. The Balaban J connectivity index is 1.84. The van der Waals surface area contributed by atoms with Crippen LogP contribution in [-0.4, -0.2) is 24.8 Å². The molecule has 0 spiro atoms. The number of nitrogens with zero attached hydrogens (tertiary/aromatic N) is 2. The molecule has 0 heterocycles. The van der Waals surface area contributed by atoms with Crippen LogP contribution in [0.4, 0.5) is 11.4 Å². The van der Waals surface area contributed by atoms with Gasteiger partial charge in [0.15, 0.2) is 0 Å². The summed E-state index contributed by atoms with van der Waals surface area (Å²) in [5.41, 5.74) is 7.87. The third-order valence-electron chi connectivity index (χ3n) is 7.23. The molecule has 0 aliphatic carbocycles. The summed E-state index contributed by atoms with van der Waals surface area (Å²) in [6, 6.07) is 13.4. The molecule has 2 aromatic carbocycles. The van der Waals surface area contributed by atoms with Crippen molar-refractivity contribution in [2.75, 3.05) is 13.1 Å².